The van der Waals surface area contributed by atoms with Crippen molar-refractivity contribution in [1.82, 2.24) is 0 Å². The number of carbonyl (C=O) groups excluding carboxylic acids is 3. The highest BCUT2D eigenvalue weighted by molar-refractivity contribution is 5.92. The number of ketones is 2. The number of Topliss-reactive ketones (excluding diaryl/α,β-unsaturated/α-hetero) is 2. The number of aliphatic hydroxyl groups excluding tert-OH is 1. The van der Waals surface area contributed by atoms with Gasteiger partial charge in [-0.3, -0.25) is 14.4 Å². The van der Waals surface area contributed by atoms with Crippen LogP contribution in [0.2, 0.25) is 0 Å². The third kappa shape index (κ3) is 2.62. The van der Waals surface area contributed by atoms with Gasteiger partial charge in [0, 0.05) is 23.2 Å². The van der Waals surface area contributed by atoms with E-state index < -0.39 is 28.8 Å². The molecule has 0 aromatic heterocycles. The standard InChI is InChI=1S/C22H30O5/c1-4-9-20(2)14(8-11-23)5-6-15-16-7-10-22(27,18(26)13-24)21(16,3)12-17(25)19(15)20/h4,8-9,11,15-16,19,24,27H,5-7,10,12-13H2,1-3H3/b9-4-,14-8-. The van der Waals surface area contributed by atoms with Crippen LogP contribution in [0.3, 0.4) is 0 Å². The lowest BCUT2D eigenvalue weighted by atomic mass is 9.47. The quantitative estimate of drug-likeness (QED) is 0.448. The average molecular weight is 374 g/mol. The molecule has 0 heterocycles. The number of carbonyl (C=O) groups is 3. The lowest BCUT2D eigenvalue weighted by molar-refractivity contribution is -0.168. The summed E-state index contributed by atoms with van der Waals surface area (Å²) in [6, 6.07) is 0. The molecule has 0 radical (unpaired) electrons. The summed E-state index contributed by atoms with van der Waals surface area (Å²) < 4.78 is 0. The molecule has 5 nitrogen and oxygen atoms in total. The van der Waals surface area contributed by atoms with Crippen LogP contribution < -0.4 is 0 Å². The smallest absolute Gasteiger partial charge is 0.190 e. The second-order valence-electron chi connectivity index (χ2n) is 8.94. The van der Waals surface area contributed by atoms with Gasteiger partial charge in [0.15, 0.2) is 5.78 Å². The van der Waals surface area contributed by atoms with E-state index in [-0.39, 0.29) is 30.0 Å². The van der Waals surface area contributed by atoms with E-state index in [0.29, 0.717) is 12.8 Å². The predicted octanol–water partition coefficient (Wildman–Crippen LogP) is 2.40. The van der Waals surface area contributed by atoms with Crippen molar-refractivity contribution in [2.24, 2.45) is 28.6 Å². The van der Waals surface area contributed by atoms with Crippen molar-refractivity contribution in [3.8, 4) is 0 Å². The second kappa shape index (κ2) is 6.78. The molecule has 3 rings (SSSR count). The van der Waals surface area contributed by atoms with E-state index in [1.54, 1.807) is 6.08 Å². The Hall–Kier alpha value is -1.59. The monoisotopic (exact) mass is 374 g/mol. The van der Waals surface area contributed by atoms with Gasteiger partial charge >= 0.3 is 0 Å². The first-order chi connectivity index (χ1) is 12.7. The van der Waals surface area contributed by atoms with Crippen LogP contribution in [0.1, 0.15) is 52.9 Å². The zero-order chi connectivity index (χ0) is 20.0. The Morgan fingerprint density at radius 1 is 1.30 bits per heavy atom. The molecular weight excluding hydrogens is 344 g/mol. The SMILES string of the molecule is C/C=C\C1(C)/C(=C\C=O)CCC2C1C(=O)CC1(C)C2CCC1(O)C(=O)CO. The number of aliphatic hydroxyl groups is 2. The van der Waals surface area contributed by atoms with Crippen molar-refractivity contribution in [1.29, 1.82) is 0 Å². The molecule has 3 saturated carbocycles. The highest BCUT2D eigenvalue weighted by Gasteiger charge is 2.67. The van der Waals surface area contributed by atoms with Gasteiger partial charge in [0.1, 0.15) is 24.3 Å². The number of allylic oxidation sites excluding steroid dienone is 4. The van der Waals surface area contributed by atoms with Crippen LogP contribution in [-0.2, 0) is 14.4 Å². The summed E-state index contributed by atoms with van der Waals surface area (Å²) in [6.07, 6.45) is 8.94. The van der Waals surface area contributed by atoms with Crippen LogP contribution >= 0.6 is 0 Å². The van der Waals surface area contributed by atoms with Crippen LogP contribution in [0.5, 0.6) is 0 Å². The number of fused-ring (bicyclic) bond motifs is 3. The summed E-state index contributed by atoms with van der Waals surface area (Å²) in [5, 5.41) is 20.5. The van der Waals surface area contributed by atoms with Crippen molar-refractivity contribution in [2.45, 2.75) is 58.5 Å². The van der Waals surface area contributed by atoms with E-state index in [1.165, 1.54) is 0 Å². The molecule has 3 aliphatic rings. The second-order valence-corrected chi connectivity index (χ2v) is 8.94. The third-order valence-corrected chi connectivity index (χ3v) is 7.89. The minimum atomic E-state index is -1.64. The van der Waals surface area contributed by atoms with Gasteiger partial charge in [0.2, 0.25) is 0 Å². The van der Waals surface area contributed by atoms with Crippen molar-refractivity contribution >= 4 is 17.9 Å². The van der Waals surface area contributed by atoms with Crippen LogP contribution in [0.15, 0.2) is 23.8 Å². The average Bonchev–Trinajstić information content (AvgIpc) is 2.88. The van der Waals surface area contributed by atoms with Gasteiger partial charge in [-0.2, -0.15) is 0 Å². The molecule has 0 spiro atoms. The molecule has 0 amide bonds. The molecule has 0 aliphatic heterocycles. The van der Waals surface area contributed by atoms with Crippen molar-refractivity contribution in [2.75, 3.05) is 6.61 Å². The van der Waals surface area contributed by atoms with Crippen LogP contribution in [0, 0.1) is 28.6 Å². The first-order valence-corrected chi connectivity index (χ1v) is 9.87. The zero-order valence-corrected chi connectivity index (χ0v) is 16.4. The van der Waals surface area contributed by atoms with Crippen molar-refractivity contribution < 1.29 is 24.6 Å². The minimum absolute atomic E-state index is 0.0434. The maximum Gasteiger partial charge on any atom is 0.190 e. The van der Waals surface area contributed by atoms with E-state index in [0.717, 1.165) is 24.7 Å². The normalized spacial score (nSPS) is 45.7. The van der Waals surface area contributed by atoms with E-state index in [9.17, 15) is 24.6 Å². The number of aldehydes is 1. The van der Waals surface area contributed by atoms with Crippen LogP contribution in [0.4, 0.5) is 0 Å². The molecular formula is C22H30O5. The van der Waals surface area contributed by atoms with Gasteiger partial charge in [0.25, 0.3) is 0 Å². The van der Waals surface area contributed by atoms with E-state index in [2.05, 4.69) is 0 Å². The van der Waals surface area contributed by atoms with Crippen LogP contribution in [0.25, 0.3) is 0 Å². The number of rotatable bonds is 4. The third-order valence-electron chi connectivity index (χ3n) is 7.89. The number of hydrogen-bond acceptors (Lipinski definition) is 5. The van der Waals surface area contributed by atoms with Gasteiger partial charge in [-0.05, 0) is 50.5 Å². The molecule has 6 unspecified atom stereocenters. The lowest BCUT2D eigenvalue weighted by Gasteiger charge is -2.56. The predicted molar refractivity (Wildman–Crippen MR) is 101 cm³/mol. The van der Waals surface area contributed by atoms with E-state index in [4.69, 9.17) is 0 Å². The highest BCUT2D eigenvalue weighted by Crippen LogP contribution is 2.65. The van der Waals surface area contributed by atoms with Gasteiger partial charge in [-0.25, -0.2) is 0 Å². The summed E-state index contributed by atoms with van der Waals surface area (Å²) in [6.45, 7) is 5.08. The Labute approximate surface area is 160 Å². The maximum absolute atomic E-state index is 13.4. The fraction of sp³-hybridized carbons (Fsp3) is 0.682. The van der Waals surface area contributed by atoms with Crippen LogP contribution in [-0.4, -0.2) is 40.3 Å². The molecule has 2 N–H and O–H groups in total. The van der Waals surface area contributed by atoms with E-state index >= 15 is 0 Å². The molecule has 0 aromatic carbocycles. The molecule has 3 fully saturated rings. The molecule has 0 aromatic rings. The zero-order valence-electron chi connectivity index (χ0n) is 16.4. The fourth-order valence-electron chi connectivity index (χ4n) is 6.61. The first kappa shape index (κ1) is 20.2. The Kier molecular flexibility index (Phi) is 5.06. The van der Waals surface area contributed by atoms with Gasteiger partial charge in [-0.1, -0.05) is 31.6 Å². The Bertz CT molecular complexity index is 722. The summed E-state index contributed by atoms with van der Waals surface area (Å²) in [5.74, 6) is -0.683. The molecule has 27 heavy (non-hydrogen) atoms. The lowest BCUT2D eigenvalue weighted by Crippen LogP contribution is -2.60. The molecule has 3 aliphatic carbocycles. The van der Waals surface area contributed by atoms with E-state index in [1.807, 2.05) is 32.9 Å². The first-order valence-electron chi connectivity index (χ1n) is 9.87. The molecule has 6 atom stereocenters. The van der Waals surface area contributed by atoms with Crippen molar-refractivity contribution in [3.63, 3.8) is 0 Å². The van der Waals surface area contributed by atoms with Gasteiger partial charge in [0.05, 0.1) is 0 Å². The molecule has 0 saturated heterocycles. The minimum Gasteiger partial charge on any atom is -0.388 e. The Balaban J connectivity index is 2.07. The fourth-order valence-corrected chi connectivity index (χ4v) is 6.61. The summed E-state index contributed by atoms with van der Waals surface area (Å²) in [5.41, 5.74) is -2.01. The van der Waals surface area contributed by atoms with Gasteiger partial charge in [-0.15, -0.1) is 0 Å². The largest absolute Gasteiger partial charge is 0.388 e. The topological polar surface area (TPSA) is 91.7 Å². The Morgan fingerprint density at radius 3 is 2.59 bits per heavy atom. The molecule has 0 bridgehead atoms. The number of hydrogen-bond donors (Lipinski definition) is 2. The summed E-state index contributed by atoms with van der Waals surface area (Å²) in [4.78, 5) is 36.9. The molecule has 148 valence electrons. The molecule has 5 heteroatoms. The summed E-state index contributed by atoms with van der Waals surface area (Å²) in [7, 11) is 0. The van der Waals surface area contributed by atoms with Crippen molar-refractivity contribution in [3.05, 3.63) is 23.8 Å². The highest BCUT2D eigenvalue weighted by atomic mass is 16.3. The van der Waals surface area contributed by atoms with Gasteiger partial charge < -0.3 is 10.2 Å². The summed E-state index contributed by atoms with van der Waals surface area (Å²) >= 11 is 0. The maximum atomic E-state index is 13.4. The Morgan fingerprint density at radius 2 is 2.00 bits per heavy atom.